The number of nitrogens with zero attached hydrogens (tertiary/aromatic N) is 2. The molecule has 6 nitrogen and oxygen atoms in total. The van der Waals surface area contributed by atoms with Crippen molar-refractivity contribution in [1.29, 1.82) is 0 Å². The van der Waals surface area contributed by atoms with Gasteiger partial charge in [-0.25, -0.2) is 4.79 Å². The Labute approximate surface area is 200 Å². The summed E-state index contributed by atoms with van der Waals surface area (Å²) in [5, 5.41) is 3.71. The van der Waals surface area contributed by atoms with Gasteiger partial charge in [-0.1, -0.05) is 24.6 Å². The quantitative estimate of drug-likeness (QED) is 0.631. The number of ether oxygens (including phenoxy) is 1. The minimum atomic E-state index is -0.319. The Balaban J connectivity index is 1.41. The number of nitrogens with one attached hydrogen (secondary N) is 1. The summed E-state index contributed by atoms with van der Waals surface area (Å²) in [5.41, 5.74) is 4.14. The molecule has 1 aliphatic carbocycles. The summed E-state index contributed by atoms with van der Waals surface area (Å²) in [5.74, 6) is 0.212. The highest BCUT2D eigenvalue weighted by atomic mass is 32.1. The molecule has 0 saturated carbocycles. The molecule has 0 bridgehead atoms. The number of carbonyl (C=O) groups excluding carboxylic acids is 2. The summed E-state index contributed by atoms with van der Waals surface area (Å²) in [6.07, 6.45) is 2.89. The van der Waals surface area contributed by atoms with Crippen LogP contribution in [0.2, 0.25) is 0 Å². The molecule has 7 heteroatoms. The van der Waals surface area contributed by atoms with Crippen molar-refractivity contribution in [2.24, 2.45) is 5.92 Å². The van der Waals surface area contributed by atoms with Gasteiger partial charge >= 0.3 is 5.97 Å². The van der Waals surface area contributed by atoms with Crippen LogP contribution in [0.1, 0.15) is 53.6 Å². The maximum absolute atomic E-state index is 13.0. The number of anilines is 2. The van der Waals surface area contributed by atoms with Crippen molar-refractivity contribution >= 4 is 33.9 Å². The van der Waals surface area contributed by atoms with Gasteiger partial charge in [0.1, 0.15) is 5.00 Å². The van der Waals surface area contributed by atoms with E-state index < -0.39 is 0 Å². The molecule has 0 radical (unpaired) electrons. The first-order valence-corrected chi connectivity index (χ1v) is 12.8. The number of aryl methyl sites for hydroxylation is 1. The highest BCUT2D eigenvalue weighted by Crippen LogP contribution is 2.40. The molecule has 1 saturated heterocycles. The van der Waals surface area contributed by atoms with Crippen molar-refractivity contribution in [2.75, 3.05) is 43.0 Å². The molecule has 0 spiro atoms. The molecule has 1 amide bonds. The van der Waals surface area contributed by atoms with Crippen molar-refractivity contribution in [1.82, 2.24) is 4.90 Å². The number of carbonyl (C=O) groups is 2. The lowest BCUT2D eigenvalue weighted by molar-refractivity contribution is -0.117. The van der Waals surface area contributed by atoms with Gasteiger partial charge in [0.25, 0.3) is 0 Å². The Bertz CT molecular complexity index is 1000. The summed E-state index contributed by atoms with van der Waals surface area (Å²) < 4.78 is 5.33. The molecule has 2 unspecified atom stereocenters. The summed E-state index contributed by atoms with van der Waals surface area (Å²) in [6.45, 7) is 11.6. The van der Waals surface area contributed by atoms with Gasteiger partial charge in [-0.3, -0.25) is 9.69 Å². The number of hydrogen-bond acceptors (Lipinski definition) is 6. The van der Waals surface area contributed by atoms with E-state index in [1.807, 2.05) is 6.92 Å². The number of rotatable bonds is 6. The first kappa shape index (κ1) is 23.8. The minimum Gasteiger partial charge on any atom is -0.462 e. The van der Waals surface area contributed by atoms with Gasteiger partial charge in [-0.15, -0.1) is 11.3 Å². The van der Waals surface area contributed by atoms with E-state index in [0.29, 0.717) is 35.7 Å². The average Bonchev–Trinajstić information content (AvgIpc) is 3.11. The lowest BCUT2D eigenvalue weighted by atomic mass is 9.88. The maximum Gasteiger partial charge on any atom is 0.341 e. The normalized spacial score (nSPS) is 20.9. The van der Waals surface area contributed by atoms with Crippen molar-refractivity contribution in [2.45, 2.75) is 53.0 Å². The van der Waals surface area contributed by atoms with Gasteiger partial charge < -0.3 is 15.0 Å². The van der Waals surface area contributed by atoms with E-state index in [9.17, 15) is 9.59 Å². The predicted molar refractivity (Wildman–Crippen MR) is 135 cm³/mol. The van der Waals surface area contributed by atoms with Gasteiger partial charge in [0, 0.05) is 36.2 Å². The molecule has 1 aromatic carbocycles. The highest BCUT2D eigenvalue weighted by molar-refractivity contribution is 7.17. The van der Waals surface area contributed by atoms with Crippen LogP contribution in [0.15, 0.2) is 24.3 Å². The van der Waals surface area contributed by atoms with E-state index >= 15 is 0 Å². The van der Waals surface area contributed by atoms with Crippen LogP contribution < -0.4 is 10.2 Å². The van der Waals surface area contributed by atoms with Crippen LogP contribution in [-0.2, 0) is 22.4 Å². The number of piperazine rings is 1. The van der Waals surface area contributed by atoms with Crippen LogP contribution in [-0.4, -0.2) is 55.6 Å². The van der Waals surface area contributed by atoms with E-state index in [0.717, 1.165) is 44.5 Å². The smallest absolute Gasteiger partial charge is 0.341 e. The van der Waals surface area contributed by atoms with Crippen LogP contribution in [0.5, 0.6) is 0 Å². The van der Waals surface area contributed by atoms with Gasteiger partial charge in [0.2, 0.25) is 5.91 Å². The average molecular weight is 470 g/mol. The number of amides is 1. The number of fused-ring (bicyclic) bond motifs is 1. The fourth-order valence-electron chi connectivity index (χ4n) is 4.92. The maximum atomic E-state index is 13.0. The number of thiophene rings is 1. The molecule has 2 atom stereocenters. The largest absolute Gasteiger partial charge is 0.462 e. The SMILES string of the molecule is CCOC(=O)c1c(NC(=O)CN2CCN(c3ccc(C)cc3)C(C)C2)sc2c1CCC(C)C2. The van der Waals surface area contributed by atoms with Crippen LogP contribution in [0, 0.1) is 12.8 Å². The topological polar surface area (TPSA) is 61.9 Å². The summed E-state index contributed by atoms with van der Waals surface area (Å²) in [4.78, 5) is 31.5. The van der Waals surface area contributed by atoms with E-state index in [1.165, 1.54) is 16.1 Å². The zero-order valence-corrected chi connectivity index (χ0v) is 21.0. The lowest BCUT2D eigenvalue weighted by Crippen LogP contribution is -2.53. The van der Waals surface area contributed by atoms with Crippen molar-refractivity contribution in [3.63, 3.8) is 0 Å². The standard InChI is InChI=1S/C26H35N3O3S/c1-5-32-26(31)24-21-11-8-18(3)14-22(21)33-25(24)27-23(30)16-28-12-13-29(19(4)15-28)20-9-6-17(2)7-10-20/h6-7,9-10,18-19H,5,8,11-16H2,1-4H3,(H,27,30). The first-order chi connectivity index (χ1) is 15.9. The van der Waals surface area contributed by atoms with Gasteiger partial charge in [-0.05, 0) is 63.6 Å². The molecule has 1 aliphatic heterocycles. The van der Waals surface area contributed by atoms with Crippen molar-refractivity contribution in [3.8, 4) is 0 Å². The number of benzene rings is 1. The van der Waals surface area contributed by atoms with Crippen LogP contribution in [0.3, 0.4) is 0 Å². The molecule has 2 aliphatic rings. The molecule has 178 valence electrons. The Hall–Kier alpha value is -2.38. The molecular formula is C26H35N3O3S. The number of esters is 1. The van der Waals surface area contributed by atoms with Crippen molar-refractivity contribution in [3.05, 3.63) is 45.8 Å². The molecule has 1 N–H and O–H groups in total. The molecule has 4 rings (SSSR count). The van der Waals surface area contributed by atoms with E-state index in [2.05, 4.69) is 60.2 Å². The third kappa shape index (κ3) is 5.41. The van der Waals surface area contributed by atoms with Gasteiger partial charge in [-0.2, -0.15) is 0 Å². The minimum absolute atomic E-state index is 0.0665. The fraction of sp³-hybridized carbons (Fsp3) is 0.538. The Morgan fingerprint density at radius 1 is 1.18 bits per heavy atom. The van der Waals surface area contributed by atoms with E-state index in [-0.39, 0.29) is 11.9 Å². The molecule has 33 heavy (non-hydrogen) atoms. The monoisotopic (exact) mass is 469 g/mol. The highest BCUT2D eigenvalue weighted by Gasteiger charge is 2.30. The third-order valence-electron chi connectivity index (χ3n) is 6.69. The van der Waals surface area contributed by atoms with E-state index in [4.69, 9.17) is 4.74 Å². The number of hydrogen-bond donors (Lipinski definition) is 1. The summed E-state index contributed by atoms with van der Waals surface area (Å²) >= 11 is 1.55. The summed E-state index contributed by atoms with van der Waals surface area (Å²) in [7, 11) is 0. The fourth-order valence-corrected chi connectivity index (χ4v) is 6.34. The molecular weight excluding hydrogens is 434 g/mol. The van der Waals surface area contributed by atoms with Crippen LogP contribution >= 0.6 is 11.3 Å². The zero-order chi connectivity index (χ0) is 23.5. The Morgan fingerprint density at radius 3 is 2.64 bits per heavy atom. The Kier molecular flexibility index (Phi) is 7.39. The summed E-state index contributed by atoms with van der Waals surface area (Å²) in [6, 6.07) is 8.95. The van der Waals surface area contributed by atoms with Crippen LogP contribution in [0.25, 0.3) is 0 Å². The molecule has 2 heterocycles. The van der Waals surface area contributed by atoms with Crippen molar-refractivity contribution < 1.29 is 14.3 Å². The lowest BCUT2D eigenvalue weighted by Gasteiger charge is -2.41. The molecule has 1 fully saturated rings. The molecule has 2 aromatic rings. The first-order valence-electron chi connectivity index (χ1n) is 12.0. The second kappa shape index (κ2) is 10.3. The second-order valence-corrected chi connectivity index (χ2v) is 10.5. The molecule has 1 aromatic heterocycles. The van der Waals surface area contributed by atoms with E-state index in [1.54, 1.807) is 11.3 Å². The van der Waals surface area contributed by atoms with Gasteiger partial charge in [0.15, 0.2) is 0 Å². The van der Waals surface area contributed by atoms with Gasteiger partial charge in [0.05, 0.1) is 18.7 Å². The second-order valence-electron chi connectivity index (χ2n) is 9.44. The third-order valence-corrected chi connectivity index (χ3v) is 7.86. The zero-order valence-electron chi connectivity index (χ0n) is 20.1. The Morgan fingerprint density at radius 2 is 1.94 bits per heavy atom. The van der Waals surface area contributed by atoms with Crippen LogP contribution in [0.4, 0.5) is 10.7 Å². The predicted octanol–water partition coefficient (Wildman–Crippen LogP) is 4.51.